The van der Waals surface area contributed by atoms with Gasteiger partial charge >= 0.3 is 11.9 Å². The Kier molecular flexibility index (Phi) is 9.60. The standard InChI is InChI=1S/C12H15NO4.C3H6/c1-9(14)17-11-6-4-3-5-10(11)12(15)16-8-7-13-2;1-3-2/h3-6,13H,7-8H2,1-2H3;3H,1H2,2H3. The summed E-state index contributed by atoms with van der Waals surface area (Å²) in [5, 5.41) is 2.86. The first kappa shape index (κ1) is 17.9. The second kappa shape index (κ2) is 10.8. The van der Waals surface area contributed by atoms with Crippen LogP contribution in [0.1, 0.15) is 24.2 Å². The quantitative estimate of drug-likeness (QED) is 0.387. The molecule has 0 aromatic heterocycles. The Morgan fingerprint density at radius 2 is 1.95 bits per heavy atom. The molecule has 0 radical (unpaired) electrons. The second-order valence-corrected chi connectivity index (χ2v) is 3.74. The van der Waals surface area contributed by atoms with Crippen molar-refractivity contribution in [3.63, 3.8) is 0 Å². The molecule has 110 valence electrons. The van der Waals surface area contributed by atoms with Crippen molar-refractivity contribution in [3.05, 3.63) is 42.5 Å². The van der Waals surface area contributed by atoms with Gasteiger partial charge in [0.2, 0.25) is 0 Å². The number of ether oxygens (including phenoxy) is 2. The third-order valence-electron chi connectivity index (χ3n) is 1.95. The molecule has 5 heteroatoms. The molecule has 0 aliphatic rings. The molecule has 0 bridgehead atoms. The molecule has 0 fully saturated rings. The lowest BCUT2D eigenvalue weighted by Gasteiger charge is -2.08. The van der Waals surface area contributed by atoms with E-state index in [-0.39, 0.29) is 17.9 Å². The fourth-order valence-electron chi connectivity index (χ4n) is 1.20. The van der Waals surface area contributed by atoms with Crippen LogP contribution in [0.4, 0.5) is 0 Å². The van der Waals surface area contributed by atoms with Crippen LogP contribution in [0, 0.1) is 0 Å². The molecule has 1 N–H and O–H groups in total. The minimum Gasteiger partial charge on any atom is -0.461 e. The molecule has 0 aliphatic carbocycles. The van der Waals surface area contributed by atoms with Crippen molar-refractivity contribution in [2.75, 3.05) is 20.2 Å². The van der Waals surface area contributed by atoms with Crippen LogP contribution in [-0.4, -0.2) is 32.1 Å². The van der Waals surface area contributed by atoms with Gasteiger partial charge in [0, 0.05) is 13.5 Å². The Morgan fingerprint density at radius 3 is 2.50 bits per heavy atom. The van der Waals surface area contributed by atoms with Crippen LogP contribution in [0.2, 0.25) is 0 Å². The number of hydrogen-bond acceptors (Lipinski definition) is 5. The van der Waals surface area contributed by atoms with Crippen molar-refractivity contribution in [1.29, 1.82) is 0 Å². The van der Waals surface area contributed by atoms with Crippen LogP contribution in [0.15, 0.2) is 36.9 Å². The van der Waals surface area contributed by atoms with Gasteiger partial charge in [-0.15, -0.1) is 6.58 Å². The molecule has 0 heterocycles. The first-order valence-corrected chi connectivity index (χ1v) is 6.23. The van der Waals surface area contributed by atoms with E-state index in [2.05, 4.69) is 11.9 Å². The smallest absolute Gasteiger partial charge is 0.341 e. The Morgan fingerprint density at radius 1 is 1.35 bits per heavy atom. The number of likely N-dealkylation sites (N-methyl/N-ethyl adjacent to an activating group) is 1. The Balaban J connectivity index is 0.00000110. The van der Waals surface area contributed by atoms with Crippen LogP contribution in [-0.2, 0) is 9.53 Å². The molecule has 1 aromatic carbocycles. The summed E-state index contributed by atoms with van der Waals surface area (Å²) in [6.45, 7) is 7.37. The number of carbonyl (C=O) groups excluding carboxylic acids is 2. The average molecular weight is 279 g/mol. The zero-order valence-electron chi connectivity index (χ0n) is 12.1. The van der Waals surface area contributed by atoms with Crippen LogP contribution < -0.4 is 10.1 Å². The molecule has 20 heavy (non-hydrogen) atoms. The van der Waals surface area contributed by atoms with E-state index in [4.69, 9.17) is 9.47 Å². The van der Waals surface area contributed by atoms with Gasteiger partial charge in [0.25, 0.3) is 0 Å². The molecule has 1 aromatic rings. The predicted molar refractivity (Wildman–Crippen MR) is 77.8 cm³/mol. The Labute approximate surface area is 119 Å². The van der Waals surface area contributed by atoms with E-state index in [0.29, 0.717) is 6.54 Å². The summed E-state index contributed by atoms with van der Waals surface area (Å²) in [7, 11) is 1.76. The fourth-order valence-corrected chi connectivity index (χ4v) is 1.20. The summed E-state index contributed by atoms with van der Waals surface area (Å²) in [6, 6.07) is 6.47. The molecule has 5 nitrogen and oxygen atoms in total. The molecule has 1 rings (SSSR count). The van der Waals surface area contributed by atoms with Crippen molar-refractivity contribution in [2.45, 2.75) is 13.8 Å². The zero-order valence-corrected chi connectivity index (χ0v) is 12.1. The van der Waals surface area contributed by atoms with Crippen molar-refractivity contribution in [1.82, 2.24) is 5.32 Å². The third kappa shape index (κ3) is 7.33. The van der Waals surface area contributed by atoms with Gasteiger partial charge in [-0.25, -0.2) is 4.79 Å². The predicted octanol–water partition coefficient (Wildman–Crippen LogP) is 2.18. The molecule has 0 saturated carbocycles. The van der Waals surface area contributed by atoms with E-state index >= 15 is 0 Å². The van der Waals surface area contributed by atoms with Gasteiger partial charge in [0.1, 0.15) is 17.9 Å². The zero-order chi connectivity index (χ0) is 15.4. The first-order chi connectivity index (χ1) is 9.56. The summed E-state index contributed by atoms with van der Waals surface area (Å²) in [4.78, 5) is 22.5. The number of esters is 2. The van der Waals surface area contributed by atoms with Crippen molar-refractivity contribution in [3.8, 4) is 5.75 Å². The number of nitrogens with one attached hydrogen (secondary N) is 1. The summed E-state index contributed by atoms with van der Waals surface area (Å²) in [6.07, 6.45) is 1.75. The van der Waals surface area contributed by atoms with Gasteiger partial charge in [-0.2, -0.15) is 0 Å². The lowest BCUT2D eigenvalue weighted by molar-refractivity contribution is -0.131. The van der Waals surface area contributed by atoms with E-state index in [0.717, 1.165) is 0 Å². The highest BCUT2D eigenvalue weighted by atomic mass is 16.5. The van der Waals surface area contributed by atoms with Gasteiger partial charge < -0.3 is 14.8 Å². The third-order valence-corrected chi connectivity index (χ3v) is 1.95. The van der Waals surface area contributed by atoms with Crippen LogP contribution in [0.25, 0.3) is 0 Å². The number of benzene rings is 1. The highest BCUT2D eigenvalue weighted by Crippen LogP contribution is 2.18. The largest absolute Gasteiger partial charge is 0.461 e. The molecule has 0 atom stereocenters. The maximum absolute atomic E-state index is 11.7. The Hall–Kier alpha value is -2.14. The van der Waals surface area contributed by atoms with E-state index in [1.54, 1.807) is 37.4 Å². The van der Waals surface area contributed by atoms with Crippen LogP contribution in [0.5, 0.6) is 5.75 Å². The normalized spacial score (nSPS) is 8.95. The van der Waals surface area contributed by atoms with Gasteiger partial charge in [0.05, 0.1) is 0 Å². The SMILES string of the molecule is C=CC.CNCCOC(=O)c1ccccc1OC(C)=O. The summed E-state index contributed by atoms with van der Waals surface area (Å²) in [5.41, 5.74) is 0.249. The highest BCUT2D eigenvalue weighted by Gasteiger charge is 2.14. The Bertz CT molecular complexity index is 443. The summed E-state index contributed by atoms with van der Waals surface area (Å²) < 4.78 is 9.92. The molecule has 0 spiro atoms. The van der Waals surface area contributed by atoms with E-state index in [9.17, 15) is 9.59 Å². The van der Waals surface area contributed by atoms with Gasteiger partial charge in [-0.3, -0.25) is 4.79 Å². The summed E-state index contributed by atoms with van der Waals surface area (Å²) >= 11 is 0. The van der Waals surface area contributed by atoms with E-state index in [1.807, 2.05) is 6.92 Å². The first-order valence-electron chi connectivity index (χ1n) is 6.23. The minimum absolute atomic E-state index is 0.217. The molecule has 0 amide bonds. The number of para-hydroxylation sites is 1. The average Bonchev–Trinajstić information content (AvgIpc) is 2.39. The van der Waals surface area contributed by atoms with Gasteiger partial charge in [0.15, 0.2) is 0 Å². The maximum Gasteiger partial charge on any atom is 0.341 e. The number of hydrogen-bond donors (Lipinski definition) is 1. The van der Waals surface area contributed by atoms with Crippen LogP contribution in [0.3, 0.4) is 0 Å². The van der Waals surface area contributed by atoms with E-state index < -0.39 is 11.9 Å². The minimum atomic E-state index is -0.503. The molecule has 0 aliphatic heterocycles. The van der Waals surface area contributed by atoms with Crippen molar-refractivity contribution in [2.24, 2.45) is 0 Å². The molecular weight excluding hydrogens is 258 g/mol. The molecule has 0 saturated heterocycles. The fraction of sp³-hybridized carbons (Fsp3) is 0.333. The number of carbonyl (C=O) groups is 2. The van der Waals surface area contributed by atoms with Crippen LogP contribution >= 0.6 is 0 Å². The highest BCUT2D eigenvalue weighted by molar-refractivity contribution is 5.93. The van der Waals surface area contributed by atoms with Gasteiger partial charge in [-0.1, -0.05) is 18.2 Å². The second-order valence-electron chi connectivity index (χ2n) is 3.74. The number of allylic oxidation sites excluding steroid dienone is 1. The monoisotopic (exact) mass is 279 g/mol. The van der Waals surface area contributed by atoms with Crippen molar-refractivity contribution < 1.29 is 19.1 Å². The van der Waals surface area contributed by atoms with Gasteiger partial charge in [-0.05, 0) is 26.1 Å². The van der Waals surface area contributed by atoms with Crippen molar-refractivity contribution >= 4 is 11.9 Å². The van der Waals surface area contributed by atoms with E-state index in [1.165, 1.54) is 6.92 Å². The topological polar surface area (TPSA) is 64.6 Å². The molecule has 0 unspecified atom stereocenters. The molecular formula is C15H21NO4. The lowest BCUT2D eigenvalue weighted by Crippen LogP contribution is -2.18. The summed E-state index contributed by atoms with van der Waals surface area (Å²) in [5.74, 6) is -0.757. The number of rotatable bonds is 5. The lowest BCUT2D eigenvalue weighted by atomic mass is 10.2. The maximum atomic E-state index is 11.7.